The number of carbonyl (C=O) groups excluding carboxylic acids is 2. The number of hydrogen-bond donors (Lipinski definition) is 0. The highest BCUT2D eigenvalue weighted by Crippen LogP contribution is 2.37. The van der Waals surface area contributed by atoms with Crippen LogP contribution >= 0.6 is 0 Å². The molecule has 1 aliphatic carbocycles. The van der Waals surface area contributed by atoms with Crippen LogP contribution in [0, 0.1) is 5.41 Å². The fraction of sp³-hybridized carbons (Fsp3) is 0.818. The van der Waals surface area contributed by atoms with E-state index < -0.39 is 0 Å². The van der Waals surface area contributed by atoms with Crippen molar-refractivity contribution >= 4 is 12.3 Å². The van der Waals surface area contributed by atoms with E-state index in [1.807, 2.05) is 0 Å². The van der Waals surface area contributed by atoms with Gasteiger partial charge in [0.25, 0.3) is 0 Å². The highest BCUT2D eigenvalue weighted by Gasteiger charge is 2.31. The molecule has 1 fully saturated rings. The summed E-state index contributed by atoms with van der Waals surface area (Å²) in [6, 6.07) is 0. The Labute approximate surface area is 84.8 Å². The van der Waals surface area contributed by atoms with E-state index in [0.29, 0.717) is 13.0 Å². The van der Waals surface area contributed by atoms with E-state index in [9.17, 15) is 9.59 Å². The van der Waals surface area contributed by atoms with Crippen LogP contribution in [-0.4, -0.2) is 18.9 Å². The number of rotatable bonds is 4. The van der Waals surface area contributed by atoms with Crippen LogP contribution in [0.15, 0.2) is 0 Å². The van der Waals surface area contributed by atoms with Crippen molar-refractivity contribution in [2.75, 3.05) is 6.61 Å². The van der Waals surface area contributed by atoms with Gasteiger partial charge in [-0.2, -0.15) is 0 Å². The summed E-state index contributed by atoms with van der Waals surface area (Å²) in [6.07, 6.45) is 7.14. The second kappa shape index (κ2) is 5.13. The predicted molar refractivity (Wildman–Crippen MR) is 52.8 cm³/mol. The Kier molecular flexibility index (Phi) is 4.11. The molecule has 0 aromatic heterocycles. The third kappa shape index (κ3) is 3.13. The quantitative estimate of drug-likeness (QED) is 0.513. The van der Waals surface area contributed by atoms with Gasteiger partial charge in [-0.3, -0.25) is 4.79 Å². The van der Waals surface area contributed by atoms with Crippen LogP contribution in [0.3, 0.4) is 0 Å². The Bertz CT molecular complexity index is 205. The van der Waals surface area contributed by atoms with Gasteiger partial charge in [-0.25, -0.2) is 0 Å². The molecule has 0 spiro atoms. The molecule has 0 saturated heterocycles. The zero-order valence-corrected chi connectivity index (χ0v) is 8.75. The summed E-state index contributed by atoms with van der Waals surface area (Å²) in [4.78, 5) is 21.6. The van der Waals surface area contributed by atoms with Crippen molar-refractivity contribution < 1.29 is 14.3 Å². The average Bonchev–Trinajstić information content (AvgIpc) is 2.19. The third-order valence-electron chi connectivity index (χ3n) is 3.00. The van der Waals surface area contributed by atoms with Crippen LogP contribution in [0.25, 0.3) is 0 Å². The maximum absolute atomic E-state index is 11.0. The van der Waals surface area contributed by atoms with E-state index in [4.69, 9.17) is 4.74 Å². The lowest BCUT2D eigenvalue weighted by atomic mass is 9.73. The van der Waals surface area contributed by atoms with Crippen molar-refractivity contribution in [1.82, 2.24) is 0 Å². The van der Waals surface area contributed by atoms with Crippen molar-refractivity contribution in [3.63, 3.8) is 0 Å². The molecule has 0 aromatic carbocycles. The maximum Gasteiger partial charge on any atom is 0.302 e. The van der Waals surface area contributed by atoms with Crippen molar-refractivity contribution in [2.24, 2.45) is 5.41 Å². The number of esters is 1. The third-order valence-corrected chi connectivity index (χ3v) is 3.00. The summed E-state index contributed by atoms with van der Waals surface area (Å²) in [5, 5.41) is 0. The molecule has 80 valence electrons. The van der Waals surface area contributed by atoms with Gasteiger partial charge >= 0.3 is 5.97 Å². The van der Waals surface area contributed by atoms with Gasteiger partial charge in [0.05, 0.1) is 6.61 Å². The van der Waals surface area contributed by atoms with Crippen molar-refractivity contribution in [3.8, 4) is 0 Å². The lowest BCUT2D eigenvalue weighted by Gasteiger charge is -2.31. The van der Waals surface area contributed by atoms with Gasteiger partial charge < -0.3 is 9.53 Å². The summed E-state index contributed by atoms with van der Waals surface area (Å²) in [7, 11) is 0. The smallest absolute Gasteiger partial charge is 0.302 e. The first-order valence-electron chi connectivity index (χ1n) is 5.28. The summed E-state index contributed by atoms with van der Waals surface area (Å²) in [5.74, 6) is -0.262. The van der Waals surface area contributed by atoms with Gasteiger partial charge in [0.15, 0.2) is 0 Å². The van der Waals surface area contributed by atoms with Gasteiger partial charge in [0.2, 0.25) is 0 Å². The summed E-state index contributed by atoms with van der Waals surface area (Å²) >= 11 is 0. The number of aldehydes is 1. The fourth-order valence-electron chi connectivity index (χ4n) is 2.08. The average molecular weight is 198 g/mol. The van der Waals surface area contributed by atoms with Crippen LogP contribution in [0.1, 0.15) is 45.4 Å². The SMILES string of the molecule is CC(=O)OCCC1(C=O)CCCCC1. The second-order valence-electron chi connectivity index (χ2n) is 4.13. The standard InChI is InChI=1S/C11H18O3/c1-10(13)14-8-7-11(9-12)5-3-2-4-6-11/h9H,2-8H2,1H3. The molecule has 0 unspecified atom stereocenters. The topological polar surface area (TPSA) is 43.4 Å². The molecule has 0 N–H and O–H groups in total. The first-order chi connectivity index (χ1) is 6.68. The zero-order chi connectivity index (χ0) is 10.4. The summed E-state index contributed by atoms with van der Waals surface area (Å²) in [6.45, 7) is 1.78. The first-order valence-corrected chi connectivity index (χ1v) is 5.28. The van der Waals surface area contributed by atoms with E-state index in [0.717, 1.165) is 32.0 Å². The minimum absolute atomic E-state index is 0.201. The predicted octanol–water partition coefficient (Wildman–Crippen LogP) is 2.09. The second-order valence-corrected chi connectivity index (χ2v) is 4.13. The largest absolute Gasteiger partial charge is 0.466 e. The van der Waals surface area contributed by atoms with E-state index in [1.54, 1.807) is 0 Å². The normalized spacial score (nSPS) is 20.1. The monoisotopic (exact) mass is 198 g/mol. The molecule has 1 rings (SSSR count). The minimum atomic E-state index is -0.262. The van der Waals surface area contributed by atoms with Gasteiger partial charge in [-0.1, -0.05) is 19.3 Å². The lowest BCUT2D eigenvalue weighted by Crippen LogP contribution is -2.27. The molecule has 3 nitrogen and oxygen atoms in total. The van der Waals surface area contributed by atoms with Crippen LogP contribution in [0.2, 0.25) is 0 Å². The van der Waals surface area contributed by atoms with Crippen molar-refractivity contribution in [2.45, 2.75) is 45.4 Å². The van der Waals surface area contributed by atoms with Gasteiger partial charge in [0, 0.05) is 12.3 Å². The summed E-state index contributed by atoms with van der Waals surface area (Å²) in [5.41, 5.74) is -0.201. The Morgan fingerprint density at radius 1 is 1.36 bits per heavy atom. The highest BCUT2D eigenvalue weighted by molar-refractivity contribution is 5.66. The number of hydrogen-bond acceptors (Lipinski definition) is 3. The molecule has 3 heteroatoms. The first kappa shape index (κ1) is 11.2. The maximum atomic E-state index is 11.0. The molecule has 0 amide bonds. The van der Waals surface area contributed by atoms with Crippen LogP contribution < -0.4 is 0 Å². The molecule has 1 saturated carbocycles. The van der Waals surface area contributed by atoms with E-state index in [1.165, 1.54) is 13.3 Å². The van der Waals surface area contributed by atoms with Crippen molar-refractivity contribution in [1.29, 1.82) is 0 Å². The van der Waals surface area contributed by atoms with Gasteiger partial charge in [-0.05, 0) is 19.3 Å². The molecule has 0 heterocycles. The molecular weight excluding hydrogens is 180 g/mol. The Morgan fingerprint density at radius 2 is 2.00 bits per heavy atom. The summed E-state index contributed by atoms with van der Waals surface area (Å²) < 4.78 is 4.87. The molecule has 0 atom stereocenters. The minimum Gasteiger partial charge on any atom is -0.466 e. The highest BCUT2D eigenvalue weighted by atomic mass is 16.5. The van der Waals surface area contributed by atoms with Gasteiger partial charge in [0.1, 0.15) is 6.29 Å². The molecular formula is C11H18O3. The van der Waals surface area contributed by atoms with Crippen LogP contribution in [0.4, 0.5) is 0 Å². The molecule has 1 aliphatic rings. The molecule has 0 aliphatic heterocycles. The Balaban J connectivity index is 2.36. The van der Waals surface area contributed by atoms with Gasteiger partial charge in [-0.15, -0.1) is 0 Å². The van der Waals surface area contributed by atoms with Crippen LogP contribution in [-0.2, 0) is 14.3 Å². The molecule has 14 heavy (non-hydrogen) atoms. The van der Waals surface area contributed by atoms with Crippen LogP contribution in [0.5, 0.6) is 0 Å². The lowest BCUT2D eigenvalue weighted by molar-refractivity contribution is -0.142. The zero-order valence-electron chi connectivity index (χ0n) is 8.75. The van der Waals surface area contributed by atoms with Crippen molar-refractivity contribution in [3.05, 3.63) is 0 Å². The van der Waals surface area contributed by atoms with E-state index in [2.05, 4.69) is 0 Å². The molecule has 0 radical (unpaired) electrons. The number of ether oxygens (including phenoxy) is 1. The Morgan fingerprint density at radius 3 is 2.50 bits per heavy atom. The fourth-order valence-corrected chi connectivity index (χ4v) is 2.08. The molecule has 0 aromatic rings. The van der Waals surface area contributed by atoms with E-state index >= 15 is 0 Å². The Hall–Kier alpha value is -0.860. The number of carbonyl (C=O) groups is 2. The molecule has 0 bridgehead atoms. The van der Waals surface area contributed by atoms with E-state index in [-0.39, 0.29) is 11.4 Å².